The number of para-hydroxylation sites is 1. The average Bonchev–Trinajstić information content (AvgIpc) is 3.13. The number of halogens is 2. The van der Waals surface area contributed by atoms with Crippen LogP contribution in [0.5, 0.6) is 17.2 Å². The molecular formula is C39H52F2N2O10. The zero-order valence-corrected chi connectivity index (χ0v) is 31.1. The molecular weight excluding hydrogens is 694 g/mol. The summed E-state index contributed by atoms with van der Waals surface area (Å²) in [6.07, 6.45) is 14.8. The number of hydrogen-bond donors (Lipinski definition) is 1. The fourth-order valence-corrected chi connectivity index (χ4v) is 4.55. The van der Waals surface area contributed by atoms with Crippen molar-refractivity contribution in [3.63, 3.8) is 0 Å². The van der Waals surface area contributed by atoms with Crippen LogP contribution in [-0.4, -0.2) is 61.8 Å². The van der Waals surface area contributed by atoms with Gasteiger partial charge in [0.2, 0.25) is 5.91 Å². The summed E-state index contributed by atoms with van der Waals surface area (Å²) < 4.78 is 47.9. The topological polar surface area (TPSA) is 153 Å². The predicted molar refractivity (Wildman–Crippen MR) is 197 cm³/mol. The third-order valence-corrected chi connectivity index (χ3v) is 7.18. The van der Waals surface area contributed by atoms with E-state index in [2.05, 4.69) is 24.0 Å². The van der Waals surface area contributed by atoms with E-state index in [0.717, 1.165) is 44.3 Å². The van der Waals surface area contributed by atoms with Gasteiger partial charge in [-0.1, -0.05) is 69.2 Å². The van der Waals surface area contributed by atoms with Gasteiger partial charge in [-0.3, -0.25) is 4.79 Å². The third-order valence-electron chi connectivity index (χ3n) is 7.18. The Bertz CT molecular complexity index is 1480. The molecule has 0 aliphatic rings. The number of methoxy groups -OCH3 is 1. The Balaban J connectivity index is 0.000000598. The van der Waals surface area contributed by atoms with E-state index in [9.17, 15) is 33.3 Å². The van der Waals surface area contributed by atoms with Gasteiger partial charge in [0.25, 0.3) is 11.0 Å². The number of esters is 2. The molecule has 0 heterocycles. The maximum absolute atomic E-state index is 13.7. The van der Waals surface area contributed by atoms with Crippen molar-refractivity contribution in [2.45, 2.75) is 84.6 Å². The van der Waals surface area contributed by atoms with Crippen LogP contribution in [-0.2, 0) is 24.0 Å². The number of unbranched alkanes of at least 4 members (excludes halogenated alkanes) is 1. The van der Waals surface area contributed by atoms with E-state index in [-0.39, 0.29) is 36.5 Å². The average molecular weight is 747 g/mol. The van der Waals surface area contributed by atoms with E-state index in [0.29, 0.717) is 24.2 Å². The van der Waals surface area contributed by atoms with E-state index < -0.39 is 35.6 Å². The zero-order valence-electron chi connectivity index (χ0n) is 31.1. The first-order valence-electron chi connectivity index (χ1n) is 17.5. The summed E-state index contributed by atoms with van der Waals surface area (Å²) in [5.74, 6) is -3.43. The number of allylic oxidation sites excluding steroid dienone is 3. The summed E-state index contributed by atoms with van der Waals surface area (Å²) in [4.78, 5) is 49.9. The van der Waals surface area contributed by atoms with Gasteiger partial charge in [-0.15, -0.1) is 10.1 Å². The second-order valence-corrected chi connectivity index (χ2v) is 11.7. The Kier molecular flexibility index (Phi) is 22.9. The highest BCUT2D eigenvalue weighted by Gasteiger charge is 2.26. The molecule has 0 aromatic heterocycles. The third kappa shape index (κ3) is 21.6. The number of carbonyl (C=O) groups is 3. The van der Waals surface area contributed by atoms with Crippen molar-refractivity contribution < 1.29 is 52.0 Å². The molecule has 1 amide bonds. The standard InChI is InChI=1S/C22H28N2O9.C17H24F2O/c1-4-5-6-7-8-20(25)23-16(2)22(27)33-18-11-9-17(15-19(18)30-3)10-12-21(26)31-13-14-32-24(28)29;1-3-8-15(9-4-2)12-13-17(18,19)14-20-16-10-6-5-7-11-16/h4-5,9-12,15-16H,6-8,13-14H2,1-3H3,(H,23,25);5-7,10-13,15H,3-4,8-9,14H2,1-2H3/b5-4-,12-10+;13-12+. The highest BCUT2D eigenvalue weighted by molar-refractivity contribution is 5.87. The molecule has 2 rings (SSSR count). The summed E-state index contributed by atoms with van der Waals surface area (Å²) in [7, 11) is 1.39. The van der Waals surface area contributed by atoms with Crippen LogP contribution in [0, 0.1) is 16.0 Å². The number of benzene rings is 2. The maximum atomic E-state index is 13.7. The van der Waals surface area contributed by atoms with E-state index in [1.807, 2.05) is 25.1 Å². The molecule has 0 aliphatic carbocycles. The molecule has 0 spiro atoms. The molecule has 2 aromatic rings. The molecule has 12 nitrogen and oxygen atoms in total. The fraction of sp³-hybridized carbons (Fsp3) is 0.462. The summed E-state index contributed by atoms with van der Waals surface area (Å²) >= 11 is 0. The molecule has 0 saturated heterocycles. The minimum Gasteiger partial charge on any atom is -0.493 e. The second-order valence-electron chi connectivity index (χ2n) is 11.7. The molecule has 1 unspecified atom stereocenters. The van der Waals surface area contributed by atoms with Gasteiger partial charge in [0.05, 0.1) is 7.11 Å². The lowest BCUT2D eigenvalue weighted by Gasteiger charge is -2.15. The van der Waals surface area contributed by atoms with Crippen molar-refractivity contribution in [1.29, 1.82) is 0 Å². The molecule has 0 radical (unpaired) electrons. The quantitative estimate of drug-likeness (QED) is 0.0225. The van der Waals surface area contributed by atoms with Gasteiger partial charge in [0.1, 0.15) is 25.0 Å². The number of hydrogen-bond acceptors (Lipinski definition) is 10. The molecule has 0 bridgehead atoms. The van der Waals surface area contributed by atoms with Crippen LogP contribution in [0.15, 0.2) is 78.9 Å². The summed E-state index contributed by atoms with van der Waals surface area (Å²) in [5.41, 5.74) is 0.549. The number of nitrogens with one attached hydrogen (secondary N) is 1. The highest BCUT2D eigenvalue weighted by Crippen LogP contribution is 2.29. The lowest BCUT2D eigenvalue weighted by Crippen LogP contribution is -2.40. The van der Waals surface area contributed by atoms with Crippen LogP contribution in [0.2, 0.25) is 0 Å². The molecule has 2 aromatic carbocycles. The normalized spacial score (nSPS) is 11.9. The van der Waals surface area contributed by atoms with Crippen molar-refractivity contribution in [1.82, 2.24) is 5.32 Å². The van der Waals surface area contributed by atoms with Crippen molar-refractivity contribution in [3.05, 3.63) is 94.6 Å². The molecule has 14 heteroatoms. The monoisotopic (exact) mass is 746 g/mol. The highest BCUT2D eigenvalue weighted by atomic mass is 19.3. The molecule has 0 saturated carbocycles. The number of amides is 1. The number of carbonyl (C=O) groups excluding carboxylic acids is 3. The van der Waals surface area contributed by atoms with Crippen LogP contribution in [0.4, 0.5) is 8.78 Å². The first-order chi connectivity index (χ1) is 25.3. The van der Waals surface area contributed by atoms with Gasteiger partial charge in [-0.25, -0.2) is 9.59 Å². The SMILES string of the molecule is C/C=C\CCCC(=O)NC(C)C(=O)Oc1ccc(/C=C/C(=O)OCCO[N+](=O)[O-])cc1OC.CCCC(/C=C/C(F)(F)COc1ccccc1)CCC. The minimum absolute atomic E-state index is 0.147. The minimum atomic E-state index is -2.92. The maximum Gasteiger partial charge on any atom is 0.333 e. The number of ether oxygens (including phenoxy) is 4. The Morgan fingerprint density at radius 1 is 1.02 bits per heavy atom. The zero-order chi connectivity index (χ0) is 39.5. The predicted octanol–water partition coefficient (Wildman–Crippen LogP) is 8.09. The molecule has 1 atom stereocenters. The van der Waals surface area contributed by atoms with E-state index in [1.54, 1.807) is 36.4 Å². The molecule has 53 heavy (non-hydrogen) atoms. The smallest absolute Gasteiger partial charge is 0.333 e. The van der Waals surface area contributed by atoms with Crippen LogP contribution < -0.4 is 19.5 Å². The van der Waals surface area contributed by atoms with Gasteiger partial charge in [-0.05, 0) is 87.4 Å². The molecule has 0 fully saturated rings. The fourth-order valence-electron chi connectivity index (χ4n) is 4.55. The lowest BCUT2D eigenvalue weighted by molar-refractivity contribution is -0.757. The summed E-state index contributed by atoms with van der Waals surface area (Å²) in [6, 6.07) is 12.5. The summed E-state index contributed by atoms with van der Waals surface area (Å²) in [6.45, 7) is 6.34. The van der Waals surface area contributed by atoms with Crippen LogP contribution >= 0.6 is 0 Å². The Labute approximate surface area is 310 Å². The van der Waals surface area contributed by atoms with Crippen LogP contribution in [0.3, 0.4) is 0 Å². The summed E-state index contributed by atoms with van der Waals surface area (Å²) in [5, 5.41) is 11.6. The van der Waals surface area contributed by atoms with Crippen molar-refractivity contribution in [2.24, 2.45) is 5.92 Å². The molecule has 292 valence electrons. The molecule has 1 N–H and O–H groups in total. The number of nitrogens with zero attached hydrogens (tertiary/aromatic N) is 1. The van der Waals surface area contributed by atoms with Crippen LogP contribution in [0.1, 0.15) is 78.2 Å². The van der Waals surface area contributed by atoms with E-state index >= 15 is 0 Å². The molecule has 0 aliphatic heterocycles. The second kappa shape index (κ2) is 26.5. The van der Waals surface area contributed by atoms with Gasteiger partial charge in [-0.2, -0.15) is 8.78 Å². The first-order valence-corrected chi connectivity index (χ1v) is 17.5. The largest absolute Gasteiger partial charge is 0.493 e. The van der Waals surface area contributed by atoms with Gasteiger partial charge < -0.3 is 29.1 Å². The van der Waals surface area contributed by atoms with Gasteiger partial charge in [0.15, 0.2) is 18.1 Å². The van der Waals surface area contributed by atoms with Crippen molar-refractivity contribution in [3.8, 4) is 17.2 Å². The van der Waals surface area contributed by atoms with Gasteiger partial charge in [0, 0.05) is 12.5 Å². The number of alkyl halides is 2. The van der Waals surface area contributed by atoms with Crippen molar-refractivity contribution >= 4 is 23.9 Å². The first kappa shape index (κ1) is 45.8. The Morgan fingerprint density at radius 2 is 1.72 bits per heavy atom. The van der Waals surface area contributed by atoms with E-state index in [1.165, 1.54) is 32.2 Å². The van der Waals surface area contributed by atoms with Crippen molar-refractivity contribution in [2.75, 3.05) is 26.9 Å². The Morgan fingerprint density at radius 3 is 2.34 bits per heavy atom. The Hall–Kier alpha value is -5.27. The van der Waals surface area contributed by atoms with Gasteiger partial charge >= 0.3 is 11.9 Å². The van der Waals surface area contributed by atoms with Crippen LogP contribution in [0.25, 0.3) is 6.08 Å². The number of rotatable bonds is 23. The lowest BCUT2D eigenvalue weighted by atomic mass is 9.97. The van der Waals surface area contributed by atoms with E-state index in [4.69, 9.17) is 18.9 Å².